The number of hydrogen-bond acceptors (Lipinski definition) is 2. The molecule has 5 aromatic rings. The number of benzene rings is 3. The molecule has 0 aliphatic carbocycles. The molecule has 3 aromatic carbocycles. The molecular formula is C24H21N3. The summed E-state index contributed by atoms with van der Waals surface area (Å²) in [6.07, 6.45) is 0. The normalized spacial score (nSPS) is 12.3. The van der Waals surface area contributed by atoms with Crippen molar-refractivity contribution in [1.29, 1.82) is 0 Å². The predicted octanol–water partition coefficient (Wildman–Crippen LogP) is 6.02. The van der Waals surface area contributed by atoms with Crippen molar-refractivity contribution in [1.82, 2.24) is 14.8 Å². The molecule has 0 N–H and O–H groups in total. The fraction of sp³-hybridized carbons (Fsp3) is 0.167. The van der Waals surface area contributed by atoms with Gasteiger partial charge in [-0.15, -0.1) is 5.10 Å². The summed E-state index contributed by atoms with van der Waals surface area (Å²) in [5, 5.41) is 14.2. The van der Waals surface area contributed by atoms with Crippen LogP contribution in [0.1, 0.15) is 26.5 Å². The molecule has 0 spiro atoms. The van der Waals surface area contributed by atoms with E-state index in [1.807, 2.05) is 0 Å². The largest absolute Gasteiger partial charge is 0.292 e. The smallest absolute Gasteiger partial charge is 0.168 e. The molecule has 0 bridgehead atoms. The summed E-state index contributed by atoms with van der Waals surface area (Å²) in [6, 6.07) is 25.5. The second-order valence-corrected chi connectivity index (χ2v) is 8.04. The predicted molar refractivity (Wildman–Crippen MR) is 113 cm³/mol. The van der Waals surface area contributed by atoms with E-state index in [0.29, 0.717) is 0 Å². The SMILES string of the molecule is CC(C)(C)c1nnc(-n2c3ccccc3c3ccccc32)c2ccccc12. The molecule has 0 saturated carbocycles. The van der Waals surface area contributed by atoms with E-state index in [9.17, 15) is 0 Å². The van der Waals surface area contributed by atoms with Gasteiger partial charge in [0.2, 0.25) is 0 Å². The molecule has 0 aliphatic heterocycles. The molecular weight excluding hydrogens is 330 g/mol. The van der Waals surface area contributed by atoms with Crippen LogP contribution in [0.3, 0.4) is 0 Å². The molecule has 0 saturated heterocycles. The molecule has 0 aliphatic rings. The lowest BCUT2D eigenvalue weighted by atomic mass is 9.89. The van der Waals surface area contributed by atoms with Gasteiger partial charge >= 0.3 is 0 Å². The van der Waals surface area contributed by atoms with Gasteiger partial charge in [-0.3, -0.25) is 4.57 Å². The minimum atomic E-state index is -0.0635. The molecule has 132 valence electrons. The van der Waals surface area contributed by atoms with Gasteiger partial charge in [-0.05, 0) is 12.1 Å². The average Bonchev–Trinajstić information content (AvgIpc) is 3.01. The molecule has 3 heteroatoms. The number of hydrogen-bond donors (Lipinski definition) is 0. The number of para-hydroxylation sites is 2. The van der Waals surface area contributed by atoms with Crippen molar-refractivity contribution >= 4 is 32.6 Å². The van der Waals surface area contributed by atoms with Crippen LogP contribution in [0.5, 0.6) is 0 Å². The molecule has 2 aromatic heterocycles. The van der Waals surface area contributed by atoms with Crippen LogP contribution in [0.25, 0.3) is 38.4 Å². The van der Waals surface area contributed by atoms with Crippen molar-refractivity contribution in [2.24, 2.45) is 0 Å². The Morgan fingerprint density at radius 2 is 1.07 bits per heavy atom. The fourth-order valence-electron chi connectivity index (χ4n) is 3.96. The first kappa shape index (κ1) is 16.0. The van der Waals surface area contributed by atoms with Crippen molar-refractivity contribution < 1.29 is 0 Å². The lowest BCUT2D eigenvalue weighted by Crippen LogP contribution is -2.16. The molecule has 0 unspecified atom stereocenters. The highest BCUT2D eigenvalue weighted by Crippen LogP contribution is 2.35. The fourth-order valence-corrected chi connectivity index (χ4v) is 3.96. The van der Waals surface area contributed by atoms with E-state index in [2.05, 4.69) is 103 Å². The van der Waals surface area contributed by atoms with Gasteiger partial charge in [0.15, 0.2) is 5.82 Å². The van der Waals surface area contributed by atoms with Crippen LogP contribution in [0, 0.1) is 0 Å². The zero-order valence-electron chi connectivity index (χ0n) is 15.8. The molecule has 0 radical (unpaired) electrons. The van der Waals surface area contributed by atoms with Crippen LogP contribution in [-0.4, -0.2) is 14.8 Å². The minimum absolute atomic E-state index is 0.0635. The monoisotopic (exact) mass is 351 g/mol. The Morgan fingerprint density at radius 1 is 0.593 bits per heavy atom. The van der Waals surface area contributed by atoms with Crippen molar-refractivity contribution in [2.75, 3.05) is 0 Å². The standard InChI is InChI=1S/C24H21N3/c1-24(2,3)22-18-12-4-5-13-19(18)23(26-25-22)27-20-14-8-6-10-16(20)17-11-7-9-15-21(17)27/h4-15H,1-3H3. The third-order valence-electron chi connectivity index (χ3n) is 5.17. The Bertz CT molecular complexity index is 1250. The number of rotatable bonds is 1. The summed E-state index contributed by atoms with van der Waals surface area (Å²) < 4.78 is 2.24. The Hall–Kier alpha value is -3.20. The van der Waals surface area contributed by atoms with Gasteiger partial charge in [-0.25, -0.2) is 0 Å². The number of fused-ring (bicyclic) bond motifs is 4. The second kappa shape index (κ2) is 5.65. The molecule has 3 nitrogen and oxygen atoms in total. The van der Waals surface area contributed by atoms with Crippen molar-refractivity contribution in [2.45, 2.75) is 26.2 Å². The van der Waals surface area contributed by atoms with Gasteiger partial charge in [0.25, 0.3) is 0 Å². The van der Waals surface area contributed by atoms with Gasteiger partial charge in [0.1, 0.15) is 0 Å². The quantitative estimate of drug-likeness (QED) is 0.369. The van der Waals surface area contributed by atoms with Gasteiger partial charge in [-0.1, -0.05) is 81.4 Å². The highest BCUT2D eigenvalue weighted by atomic mass is 15.2. The summed E-state index contributed by atoms with van der Waals surface area (Å²) in [5.74, 6) is 0.885. The zero-order valence-corrected chi connectivity index (χ0v) is 15.8. The zero-order chi connectivity index (χ0) is 18.6. The summed E-state index contributed by atoms with van der Waals surface area (Å²) in [5.41, 5.74) is 3.28. The van der Waals surface area contributed by atoms with Crippen LogP contribution < -0.4 is 0 Å². The maximum atomic E-state index is 4.73. The Labute approximate surface area is 158 Å². The Kier molecular flexibility index (Phi) is 3.35. The Morgan fingerprint density at radius 3 is 1.63 bits per heavy atom. The van der Waals surface area contributed by atoms with E-state index in [1.54, 1.807) is 0 Å². The molecule has 0 amide bonds. The van der Waals surface area contributed by atoms with Crippen LogP contribution in [0.2, 0.25) is 0 Å². The maximum Gasteiger partial charge on any atom is 0.168 e. The number of aromatic nitrogens is 3. The molecule has 2 heterocycles. The van der Waals surface area contributed by atoms with E-state index >= 15 is 0 Å². The van der Waals surface area contributed by atoms with Crippen LogP contribution in [0.4, 0.5) is 0 Å². The summed E-state index contributed by atoms with van der Waals surface area (Å²) in [6.45, 7) is 6.55. The first-order chi connectivity index (χ1) is 13.1. The van der Waals surface area contributed by atoms with Crippen molar-refractivity contribution in [3.63, 3.8) is 0 Å². The molecule has 0 fully saturated rings. The lowest BCUT2D eigenvalue weighted by Gasteiger charge is -2.20. The van der Waals surface area contributed by atoms with Gasteiger partial charge in [0.05, 0.1) is 16.7 Å². The third kappa shape index (κ3) is 2.35. The highest BCUT2D eigenvalue weighted by Gasteiger charge is 2.22. The van der Waals surface area contributed by atoms with E-state index in [-0.39, 0.29) is 5.41 Å². The minimum Gasteiger partial charge on any atom is -0.292 e. The van der Waals surface area contributed by atoms with Gasteiger partial charge < -0.3 is 0 Å². The maximum absolute atomic E-state index is 4.73. The molecule has 27 heavy (non-hydrogen) atoms. The van der Waals surface area contributed by atoms with Crippen molar-refractivity contribution in [3.8, 4) is 5.82 Å². The third-order valence-corrected chi connectivity index (χ3v) is 5.17. The first-order valence-corrected chi connectivity index (χ1v) is 9.30. The summed E-state index contributed by atoms with van der Waals surface area (Å²) in [4.78, 5) is 0. The summed E-state index contributed by atoms with van der Waals surface area (Å²) >= 11 is 0. The average molecular weight is 351 g/mol. The highest BCUT2D eigenvalue weighted by molar-refractivity contribution is 6.10. The first-order valence-electron chi connectivity index (χ1n) is 9.30. The van der Waals surface area contributed by atoms with Crippen LogP contribution >= 0.6 is 0 Å². The summed E-state index contributed by atoms with van der Waals surface area (Å²) in [7, 11) is 0. The van der Waals surface area contributed by atoms with E-state index in [4.69, 9.17) is 5.10 Å². The Balaban J connectivity index is 1.96. The van der Waals surface area contributed by atoms with E-state index < -0.39 is 0 Å². The van der Waals surface area contributed by atoms with Crippen LogP contribution in [-0.2, 0) is 5.41 Å². The number of nitrogens with zero attached hydrogens (tertiary/aromatic N) is 3. The second-order valence-electron chi connectivity index (χ2n) is 8.04. The van der Waals surface area contributed by atoms with E-state index in [0.717, 1.165) is 33.3 Å². The molecule has 5 rings (SSSR count). The molecule has 0 atom stereocenters. The van der Waals surface area contributed by atoms with Crippen molar-refractivity contribution in [3.05, 3.63) is 78.5 Å². The van der Waals surface area contributed by atoms with Gasteiger partial charge in [-0.2, -0.15) is 5.10 Å². The van der Waals surface area contributed by atoms with Gasteiger partial charge in [0, 0.05) is 27.0 Å². The topological polar surface area (TPSA) is 30.7 Å². The lowest BCUT2D eigenvalue weighted by molar-refractivity contribution is 0.565. The van der Waals surface area contributed by atoms with Crippen LogP contribution in [0.15, 0.2) is 72.8 Å². The van der Waals surface area contributed by atoms with E-state index in [1.165, 1.54) is 10.8 Å².